The normalized spacial score (nSPS) is 12.7. The predicted octanol–water partition coefficient (Wildman–Crippen LogP) is 4.85. The third-order valence-electron chi connectivity index (χ3n) is 5.09. The van der Waals surface area contributed by atoms with Gasteiger partial charge in [-0.05, 0) is 46.1 Å². The minimum absolute atomic E-state index is 0.113. The van der Waals surface area contributed by atoms with Crippen molar-refractivity contribution >= 4 is 11.2 Å². The molecule has 4 nitrogen and oxygen atoms in total. The van der Waals surface area contributed by atoms with Crippen LogP contribution in [-0.4, -0.2) is 19.6 Å². The van der Waals surface area contributed by atoms with Crippen LogP contribution in [0.5, 0.6) is 5.75 Å². The number of hydrogen-bond acceptors (Lipinski definition) is 3. The minimum atomic E-state index is -0.113. The molecule has 0 saturated heterocycles. The molecule has 0 spiro atoms. The van der Waals surface area contributed by atoms with Gasteiger partial charge in [0.1, 0.15) is 17.1 Å². The lowest BCUT2D eigenvalue weighted by Gasteiger charge is -2.28. The molecule has 0 bridgehead atoms. The summed E-state index contributed by atoms with van der Waals surface area (Å²) in [5, 5.41) is 10.9. The number of phenols is 1. The van der Waals surface area contributed by atoms with Crippen LogP contribution in [-0.2, 0) is 30.7 Å². The Labute approximate surface area is 162 Å². The lowest BCUT2D eigenvalue weighted by Crippen LogP contribution is -2.18. The number of rotatable bonds is 3. The van der Waals surface area contributed by atoms with E-state index in [1.807, 2.05) is 17.7 Å². The molecule has 1 radical (unpaired) electrons. The van der Waals surface area contributed by atoms with E-state index in [-0.39, 0.29) is 10.8 Å². The topological polar surface area (TPSA) is 50.9 Å². The van der Waals surface area contributed by atoms with Crippen molar-refractivity contribution in [2.75, 3.05) is 0 Å². The van der Waals surface area contributed by atoms with Crippen LogP contribution in [0, 0.1) is 6.20 Å². The first kappa shape index (κ1) is 19.4. The van der Waals surface area contributed by atoms with Crippen LogP contribution in [0.25, 0.3) is 11.2 Å². The summed E-state index contributed by atoms with van der Waals surface area (Å²) < 4.78 is 2.04. The summed E-state index contributed by atoms with van der Waals surface area (Å²) in [6, 6.07) is 8.05. The molecule has 0 amide bonds. The van der Waals surface area contributed by atoms with Crippen LogP contribution in [0.4, 0.5) is 0 Å². The van der Waals surface area contributed by atoms with Crippen molar-refractivity contribution < 1.29 is 5.11 Å². The maximum Gasteiger partial charge on any atom is 0.160 e. The predicted molar refractivity (Wildman–Crippen MR) is 110 cm³/mol. The lowest BCUT2D eigenvalue weighted by molar-refractivity contribution is 0.422. The summed E-state index contributed by atoms with van der Waals surface area (Å²) in [6.45, 7) is 12.9. The smallest absolute Gasteiger partial charge is 0.160 e. The average Bonchev–Trinajstić information content (AvgIpc) is 2.88. The number of imidazole rings is 1. The number of pyridine rings is 1. The van der Waals surface area contributed by atoms with E-state index in [4.69, 9.17) is 4.98 Å². The number of phenolic OH excluding ortho intramolecular Hbond substituents is 1. The molecule has 1 aromatic carbocycles. The summed E-state index contributed by atoms with van der Waals surface area (Å²) in [5.74, 6) is 1.45. The summed E-state index contributed by atoms with van der Waals surface area (Å²) >= 11 is 0. The second-order valence-electron chi connectivity index (χ2n) is 9.41. The second kappa shape index (κ2) is 6.66. The van der Waals surface area contributed by atoms with Crippen molar-refractivity contribution in [1.29, 1.82) is 0 Å². The lowest BCUT2D eigenvalue weighted by atomic mass is 9.78. The maximum atomic E-state index is 10.9. The van der Waals surface area contributed by atoms with E-state index in [9.17, 15) is 5.11 Å². The molecule has 0 fully saturated rings. The van der Waals surface area contributed by atoms with Crippen molar-refractivity contribution in [2.45, 2.75) is 65.2 Å². The van der Waals surface area contributed by atoms with Gasteiger partial charge in [0.15, 0.2) is 5.65 Å². The number of aryl methyl sites for hydroxylation is 3. The quantitative estimate of drug-likeness (QED) is 0.722. The molecule has 3 aromatic rings. The molecule has 143 valence electrons. The fourth-order valence-corrected chi connectivity index (χ4v) is 3.48. The third-order valence-corrected chi connectivity index (χ3v) is 5.09. The zero-order valence-electron chi connectivity index (χ0n) is 17.5. The van der Waals surface area contributed by atoms with Gasteiger partial charge in [-0.1, -0.05) is 53.7 Å². The summed E-state index contributed by atoms with van der Waals surface area (Å²) in [5.41, 5.74) is 4.79. The van der Waals surface area contributed by atoms with Crippen LogP contribution in [0.1, 0.15) is 64.1 Å². The number of fused-ring (bicyclic) bond motifs is 1. The molecule has 0 aliphatic heterocycles. The number of benzene rings is 1. The Hall–Kier alpha value is -2.36. The molecular weight excluding hydrogens is 334 g/mol. The zero-order valence-corrected chi connectivity index (χ0v) is 17.5. The highest BCUT2D eigenvalue weighted by Gasteiger charge is 2.26. The third kappa shape index (κ3) is 3.85. The summed E-state index contributed by atoms with van der Waals surface area (Å²) in [6.07, 6.45) is 4.57. The standard InChI is InChI=1S/C23H30N3O/c1-22(2,3)16-13-15(14-17(20(16)27)23(4,5)6)10-11-19-25-18-9-8-12-24-21(18)26(19)7/h8-9,13-14,27H,10-11H2,1-7H3. The largest absolute Gasteiger partial charge is 0.507 e. The monoisotopic (exact) mass is 364 g/mol. The molecule has 0 aliphatic rings. The number of nitrogens with zero attached hydrogens (tertiary/aromatic N) is 3. The van der Waals surface area contributed by atoms with Crippen molar-refractivity contribution in [2.24, 2.45) is 7.05 Å². The Bertz CT molecular complexity index is 936. The minimum Gasteiger partial charge on any atom is -0.507 e. The Morgan fingerprint density at radius 2 is 1.59 bits per heavy atom. The molecule has 3 rings (SSSR count). The van der Waals surface area contributed by atoms with Gasteiger partial charge in [0, 0.05) is 13.5 Å². The van der Waals surface area contributed by atoms with Gasteiger partial charge in [0.05, 0.1) is 6.20 Å². The van der Waals surface area contributed by atoms with Gasteiger partial charge in [-0.2, -0.15) is 0 Å². The molecule has 2 heterocycles. The van der Waals surface area contributed by atoms with Gasteiger partial charge in [0.2, 0.25) is 0 Å². The summed E-state index contributed by atoms with van der Waals surface area (Å²) in [7, 11) is 2.00. The first-order chi connectivity index (χ1) is 12.5. The summed E-state index contributed by atoms with van der Waals surface area (Å²) in [4.78, 5) is 9.02. The SMILES string of the molecule is Cn1c(CCc2cc(C(C)(C)C)c(O)c(C(C)(C)C)c2)nc2cc[c]nc21. The van der Waals surface area contributed by atoms with Crippen molar-refractivity contribution in [1.82, 2.24) is 14.5 Å². The van der Waals surface area contributed by atoms with E-state index >= 15 is 0 Å². The highest BCUT2D eigenvalue weighted by molar-refractivity contribution is 5.70. The number of aromatic hydroxyl groups is 1. The van der Waals surface area contributed by atoms with Gasteiger partial charge in [-0.25, -0.2) is 9.97 Å². The van der Waals surface area contributed by atoms with Gasteiger partial charge in [0.25, 0.3) is 0 Å². The Kier molecular flexibility index (Phi) is 4.79. The van der Waals surface area contributed by atoms with Crippen molar-refractivity contribution in [3.63, 3.8) is 0 Å². The van der Waals surface area contributed by atoms with Crippen molar-refractivity contribution in [3.05, 3.63) is 53.0 Å². The highest BCUT2D eigenvalue weighted by atomic mass is 16.3. The van der Waals surface area contributed by atoms with E-state index in [1.54, 1.807) is 6.07 Å². The number of aromatic nitrogens is 3. The average molecular weight is 365 g/mol. The van der Waals surface area contributed by atoms with E-state index in [1.165, 1.54) is 5.56 Å². The van der Waals surface area contributed by atoms with Crippen LogP contribution >= 0.6 is 0 Å². The van der Waals surface area contributed by atoms with E-state index in [0.717, 1.165) is 41.0 Å². The van der Waals surface area contributed by atoms with Gasteiger partial charge in [-0.3, -0.25) is 0 Å². The Balaban J connectivity index is 1.97. The molecule has 0 unspecified atom stereocenters. The molecule has 0 aliphatic carbocycles. The van der Waals surface area contributed by atoms with Gasteiger partial charge in [-0.15, -0.1) is 0 Å². The zero-order chi connectivity index (χ0) is 20.0. The van der Waals surface area contributed by atoms with Gasteiger partial charge >= 0.3 is 0 Å². The van der Waals surface area contributed by atoms with Crippen LogP contribution in [0.2, 0.25) is 0 Å². The van der Waals surface area contributed by atoms with E-state index in [2.05, 4.69) is 64.9 Å². The second-order valence-corrected chi connectivity index (χ2v) is 9.41. The van der Waals surface area contributed by atoms with Crippen LogP contribution in [0.3, 0.4) is 0 Å². The molecular formula is C23H30N3O. The van der Waals surface area contributed by atoms with Crippen LogP contribution < -0.4 is 0 Å². The molecule has 4 heteroatoms. The molecule has 2 aromatic heterocycles. The first-order valence-electron chi connectivity index (χ1n) is 9.53. The van der Waals surface area contributed by atoms with E-state index < -0.39 is 0 Å². The Morgan fingerprint density at radius 1 is 1.00 bits per heavy atom. The van der Waals surface area contributed by atoms with E-state index in [0.29, 0.717) is 5.75 Å². The molecule has 0 atom stereocenters. The number of hydrogen-bond donors (Lipinski definition) is 1. The first-order valence-corrected chi connectivity index (χ1v) is 9.53. The highest BCUT2D eigenvalue weighted by Crippen LogP contribution is 2.40. The molecule has 27 heavy (non-hydrogen) atoms. The fourth-order valence-electron chi connectivity index (χ4n) is 3.48. The van der Waals surface area contributed by atoms with Crippen LogP contribution in [0.15, 0.2) is 24.3 Å². The van der Waals surface area contributed by atoms with Gasteiger partial charge < -0.3 is 9.67 Å². The maximum absolute atomic E-state index is 10.9. The fraction of sp³-hybridized carbons (Fsp3) is 0.478. The molecule has 1 N–H and O–H groups in total. The Morgan fingerprint density at radius 3 is 2.11 bits per heavy atom. The molecule has 0 saturated carbocycles. The van der Waals surface area contributed by atoms with Crippen molar-refractivity contribution in [3.8, 4) is 5.75 Å².